The minimum Gasteiger partial charge on any atom is -0.444 e. The number of nitrogens with one attached hydrogen (secondary N) is 2. The summed E-state index contributed by atoms with van der Waals surface area (Å²) >= 11 is 1.22. The Morgan fingerprint density at radius 3 is 2.57 bits per heavy atom. The van der Waals surface area contributed by atoms with Gasteiger partial charge in [-0.15, -0.1) is 11.3 Å². The summed E-state index contributed by atoms with van der Waals surface area (Å²) in [6.07, 6.45) is 0.153. The van der Waals surface area contributed by atoms with Gasteiger partial charge in [-0.25, -0.2) is 9.78 Å². The minimum absolute atomic E-state index is 0.0330. The molecule has 0 saturated carbocycles. The summed E-state index contributed by atoms with van der Waals surface area (Å²) in [6.45, 7) is 1.87. The van der Waals surface area contributed by atoms with E-state index in [1.54, 1.807) is 0 Å². The Balaban J connectivity index is 1.69. The van der Waals surface area contributed by atoms with E-state index >= 15 is 0 Å². The van der Waals surface area contributed by atoms with Gasteiger partial charge in [-0.2, -0.15) is 0 Å². The third-order valence-electron chi connectivity index (χ3n) is 4.80. The number of amides is 3. The topological polar surface area (TPSA) is 208 Å². The molecule has 3 amide bonds. The number of hydrogen-bond donors (Lipinski definition) is 6. The van der Waals surface area contributed by atoms with Crippen molar-refractivity contribution in [1.82, 2.24) is 15.6 Å². The first kappa shape index (κ1) is 27.7. The maximum Gasteiger partial charge on any atom is 0.414 e. The molecule has 0 bridgehead atoms. The molecule has 2 rings (SSSR count). The van der Waals surface area contributed by atoms with Crippen molar-refractivity contribution in [2.45, 2.75) is 51.0 Å². The van der Waals surface area contributed by atoms with Crippen LogP contribution in [0.3, 0.4) is 0 Å². The molecule has 190 valence electrons. The maximum atomic E-state index is 12.3. The van der Waals surface area contributed by atoms with Crippen LogP contribution >= 0.6 is 11.3 Å². The Bertz CT molecular complexity index is 1010. The highest BCUT2D eigenvalue weighted by Gasteiger charge is 2.25. The van der Waals surface area contributed by atoms with Gasteiger partial charge in [0.1, 0.15) is 23.4 Å². The number of carbonyl (C=O) groups is 3. The van der Waals surface area contributed by atoms with Gasteiger partial charge in [-0.1, -0.05) is 30.3 Å². The molecule has 35 heavy (non-hydrogen) atoms. The summed E-state index contributed by atoms with van der Waals surface area (Å²) in [6, 6.07) is 7.65. The lowest BCUT2D eigenvalue weighted by atomic mass is 10.1. The number of nitrogens with zero attached hydrogens (tertiary/aromatic N) is 2. The molecule has 1 aromatic carbocycles. The van der Waals surface area contributed by atoms with Gasteiger partial charge >= 0.3 is 6.09 Å². The molecule has 0 aliphatic heterocycles. The van der Waals surface area contributed by atoms with Crippen LogP contribution in [0.1, 0.15) is 53.3 Å². The van der Waals surface area contributed by atoms with E-state index in [2.05, 4.69) is 20.6 Å². The van der Waals surface area contributed by atoms with Crippen LogP contribution in [0.4, 0.5) is 4.79 Å². The average Bonchev–Trinajstić information content (AvgIpc) is 3.31. The lowest BCUT2D eigenvalue weighted by Crippen LogP contribution is -2.50. The predicted molar refractivity (Wildman–Crippen MR) is 131 cm³/mol. The number of guanidine groups is 1. The molecule has 0 aliphatic carbocycles. The number of alkyl carbamates (subject to hydrolysis) is 1. The number of benzene rings is 1. The number of ether oxygens (including phenoxy) is 1. The average molecular weight is 506 g/mol. The first-order chi connectivity index (χ1) is 16.7. The number of thiazole rings is 1. The van der Waals surface area contributed by atoms with Crippen molar-refractivity contribution in [1.29, 1.82) is 0 Å². The standard InChI is InChI=1S/C22H31N7O5S/c1-13(30)17(18(24)31)28-19(32)16-12-35-20(27-16)15(23)9-5-6-10-26-21(25)29-22(33)34-11-14-7-3-2-4-8-14/h2-4,7-8,12-13,15,17,30H,5-6,9-11,23H2,1H3,(H2,24,31)(H,28,32)(H3,25,26,29,33). The van der Waals surface area contributed by atoms with Crippen molar-refractivity contribution in [3.05, 3.63) is 52.0 Å². The summed E-state index contributed by atoms with van der Waals surface area (Å²) in [5.74, 6) is -1.50. The fraction of sp³-hybridized carbons (Fsp3) is 0.409. The smallest absolute Gasteiger partial charge is 0.414 e. The summed E-state index contributed by atoms with van der Waals surface area (Å²) in [5, 5.41) is 16.4. The van der Waals surface area contributed by atoms with Crippen molar-refractivity contribution in [2.24, 2.45) is 22.2 Å². The Morgan fingerprint density at radius 2 is 1.91 bits per heavy atom. The van der Waals surface area contributed by atoms with Gasteiger partial charge in [0.25, 0.3) is 5.91 Å². The first-order valence-corrected chi connectivity index (χ1v) is 11.8. The van der Waals surface area contributed by atoms with Gasteiger partial charge in [0.15, 0.2) is 5.96 Å². The molecule has 0 saturated heterocycles. The molecular formula is C22H31N7O5S. The SMILES string of the molecule is CC(O)C(NC(=O)c1csc(C(N)CCCCN=C(N)NC(=O)OCc2ccccc2)n1)C(N)=O. The van der Waals surface area contributed by atoms with Gasteiger partial charge in [-0.05, 0) is 31.7 Å². The van der Waals surface area contributed by atoms with E-state index in [4.69, 9.17) is 21.9 Å². The van der Waals surface area contributed by atoms with Crippen LogP contribution < -0.4 is 27.8 Å². The molecule has 0 fully saturated rings. The largest absolute Gasteiger partial charge is 0.444 e. The first-order valence-electron chi connectivity index (χ1n) is 10.9. The van der Waals surface area contributed by atoms with Gasteiger partial charge in [0, 0.05) is 11.9 Å². The number of aliphatic hydroxyl groups excluding tert-OH is 1. The van der Waals surface area contributed by atoms with E-state index in [1.165, 1.54) is 23.6 Å². The van der Waals surface area contributed by atoms with Crippen LogP contribution in [0.5, 0.6) is 0 Å². The lowest BCUT2D eigenvalue weighted by Gasteiger charge is -2.17. The maximum absolute atomic E-state index is 12.3. The summed E-state index contributed by atoms with van der Waals surface area (Å²) < 4.78 is 5.07. The Hall–Kier alpha value is -3.55. The second-order valence-corrected chi connectivity index (χ2v) is 8.61. The minimum atomic E-state index is -1.21. The third-order valence-corrected chi connectivity index (χ3v) is 5.77. The van der Waals surface area contributed by atoms with Crippen molar-refractivity contribution >= 4 is 35.2 Å². The van der Waals surface area contributed by atoms with Crippen LogP contribution in [0.25, 0.3) is 0 Å². The second kappa shape index (κ2) is 14.0. The molecule has 0 aliphatic rings. The summed E-state index contributed by atoms with van der Waals surface area (Å²) in [4.78, 5) is 43.7. The number of aliphatic imine (C=N–C) groups is 1. The molecule has 0 spiro atoms. The van der Waals surface area contributed by atoms with Crippen molar-refractivity contribution < 1.29 is 24.2 Å². The zero-order chi connectivity index (χ0) is 25.8. The summed E-state index contributed by atoms with van der Waals surface area (Å²) in [5.41, 5.74) is 18.0. The molecule has 12 nitrogen and oxygen atoms in total. The quantitative estimate of drug-likeness (QED) is 0.136. The number of aromatic nitrogens is 1. The van der Waals surface area contributed by atoms with Crippen LogP contribution in [-0.2, 0) is 16.1 Å². The van der Waals surface area contributed by atoms with E-state index < -0.39 is 36.1 Å². The van der Waals surface area contributed by atoms with Gasteiger partial charge in [0.2, 0.25) is 5.91 Å². The van der Waals surface area contributed by atoms with E-state index in [-0.39, 0.29) is 18.3 Å². The zero-order valence-corrected chi connectivity index (χ0v) is 20.2. The lowest BCUT2D eigenvalue weighted by molar-refractivity contribution is -0.122. The number of primary amides is 1. The highest BCUT2D eigenvalue weighted by molar-refractivity contribution is 7.09. The van der Waals surface area contributed by atoms with Gasteiger partial charge in [0.05, 0.1) is 12.1 Å². The van der Waals surface area contributed by atoms with Gasteiger partial charge in [-0.3, -0.25) is 19.9 Å². The number of carbonyl (C=O) groups excluding carboxylic acids is 3. The molecule has 3 atom stereocenters. The normalized spacial score (nSPS) is 14.0. The fourth-order valence-corrected chi connectivity index (χ4v) is 3.74. The van der Waals surface area contributed by atoms with E-state index in [0.717, 1.165) is 5.56 Å². The molecule has 9 N–H and O–H groups in total. The fourth-order valence-electron chi connectivity index (χ4n) is 2.91. The predicted octanol–water partition coefficient (Wildman–Crippen LogP) is 0.519. The Kier molecular flexibility index (Phi) is 11.1. The van der Waals surface area contributed by atoms with E-state index in [0.29, 0.717) is 30.8 Å². The molecule has 1 heterocycles. The Morgan fingerprint density at radius 1 is 1.20 bits per heavy atom. The monoisotopic (exact) mass is 505 g/mol. The molecule has 1 aromatic heterocycles. The third kappa shape index (κ3) is 9.68. The highest BCUT2D eigenvalue weighted by atomic mass is 32.1. The van der Waals surface area contributed by atoms with Crippen molar-refractivity contribution in [3.8, 4) is 0 Å². The Labute approximate surface area is 206 Å². The van der Waals surface area contributed by atoms with Crippen molar-refractivity contribution in [2.75, 3.05) is 6.54 Å². The summed E-state index contributed by atoms with van der Waals surface area (Å²) in [7, 11) is 0. The zero-order valence-electron chi connectivity index (χ0n) is 19.3. The number of rotatable bonds is 12. The van der Waals surface area contributed by atoms with E-state index in [1.807, 2.05) is 30.3 Å². The highest BCUT2D eigenvalue weighted by Crippen LogP contribution is 2.21. The van der Waals surface area contributed by atoms with Crippen LogP contribution in [0, 0.1) is 0 Å². The molecule has 3 unspecified atom stereocenters. The number of unbranched alkanes of at least 4 members (excludes halogenated alkanes) is 1. The molecule has 0 radical (unpaired) electrons. The number of nitrogens with two attached hydrogens (primary N) is 3. The van der Waals surface area contributed by atoms with Gasteiger partial charge < -0.3 is 32.4 Å². The van der Waals surface area contributed by atoms with Crippen molar-refractivity contribution in [3.63, 3.8) is 0 Å². The number of aliphatic hydroxyl groups is 1. The number of hydrogen-bond acceptors (Lipinski definition) is 9. The molecule has 2 aromatic rings. The van der Waals surface area contributed by atoms with Crippen LogP contribution in [0.2, 0.25) is 0 Å². The van der Waals surface area contributed by atoms with Crippen LogP contribution in [-0.4, -0.2) is 52.6 Å². The van der Waals surface area contributed by atoms with Crippen LogP contribution in [0.15, 0.2) is 40.7 Å². The second-order valence-electron chi connectivity index (χ2n) is 7.72. The molecule has 13 heteroatoms. The molecular weight excluding hydrogens is 474 g/mol. The van der Waals surface area contributed by atoms with E-state index in [9.17, 15) is 19.5 Å².